The summed E-state index contributed by atoms with van der Waals surface area (Å²) in [6, 6.07) is 3.87. The molecule has 1 aliphatic rings. The Labute approximate surface area is 122 Å². The fourth-order valence-electron chi connectivity index (χ4n) is 2.43. The number of hydrogen-bond donors (Lipinski definition) is 3. The van der Waals surface area contributed by atoms with Gasteiger partial charge in [-0.15, -0.1) is 0 Å². The predicted molar refractivity (Wildman–Crippen MR) is 77.4 cm³/mol. The summed E-state index contributed by atoms with van der Waals surface area (Å²) in [7, 11) is -2.99. The summed E-state index contributed by atoms with van der Waals surface area (Å²) in [5.41, 5.74) is 6.47. The van der Waals surface area contributed by atoms with Gasteiger partial charge in [-0.05, 0) is 30.5 Å². The maximum absolute atomic E-state index is 13.2. The second-order valence-electron chi connectivity index (χ2n) is 5.12. The van der Waals surface area contributed by atoms with Gasteiger partial charge >= 0.3 is 0 Å². The highest BCUT2D eigenvalue weighted by Gasteiger charge is 2.24. The molecule has 1 aliphatic heterocycles. The lowest BCUT2D eigenvalue weighted by Gasteiger charge is -2.23. The molecule has 1 fully saturated rings. The van der Waals surface area contributed by atoms with Crippen LogP contribution < -0.4 is 11.1 Å². The van der Waals surface area contributed by atoms with Crippen molar-refractivity contribution in [3.05, 3.63) is 35.1 Å². The van der Waals surface area contributed by atoms with Crippen LogP contribution in [0.3, 0.4) is 0 Å². The molecule has 0 aromatic heterocycles. The Balaban J connectivity index is 2.10. The number of benzene rings is 1. The summed E-state index contributed by atoms with van der Waals surface area (Å²) in [5, 5.41) is 14.8. The molecular weight excluding hydrogens is 297 g/mol. The van der Waals surface area contributed by atoms with Gasteiger partial charge in [0, 0.05) is 18.2 Å². The zero-order valence-electron chi connectivity index (χ0n) is 11.4. The van der Waals surface area contributed by atoms with Gasteiger partial charge in [-0.3, -0.25) is 0 Å². The molecule has 2 rings (SSSR count). The van der Waals surface area contributed by atoms with Crippen molar-refractivity contribution in [1.82, 2.24) is 5.32 Å². The van der Waals surface area contributed by atoms with E-state index in [4.69, 9.17) is 10.9 Å². The molecule has 21 heavy (non-hydrogen) atoms. The molecule has 1 heterocycles. The van der Waals surface area contributed by atoms with Gasteiger partial charge in [-0.25, -0.2) is 12.8 Å². The quantitative estimate of drug-likeness (QED) is 0.326. The monoisotopic (exact) mass is 315 g/mol. The second-order valence-corrected chi connectivity index (χ2v) is 7.35. The van der Waals surface area contributed by atoms with Gasteiger partial charge < -0.3 is 16.3 Å². The summed E-state index contributed by atoms with van der Waals surface area (Å²) >= 11 is 0. The van der Waals surface area contributed by atoms with Gasteiger partial charge in [0.15, 0.2) is 15.7 Å². The maximum Gasteiger partial charge on any atom is 0.170 e. The first-order valence-electron chi connectivity index (χ1n) is 6.61. The average Bonchev–Trinajstić information content (AvgIpc) is 2.44. The maximum atomic E-state index is 13.2. The SMILES string of the molecule is NC(=NO)c1cc(F)ccc1CNC1CCCS(=O)(=O)C1. The molecule has 0 amide bonds. The van der Waals surface area contributed by atoms with Gasteiger partial charge in [0.1, 0.15) is 5.82 Å². The Kier molecular flexibility index (Phi) is 4.79. The number of sulfone groups is 1. The molecule has 1 aromatic rings. The minimum absolute atomic E-state index is 0.104. The molecule has 6 nitrogen and oxygen atoms in total. The van der Waals surface area contributed by atoms with Crippen LogP contribution in [0.2, 0.25) is 0 Å². The highest BCUT2D eigenvalue weighted by molar-refractivity contribution is 7.91. The van der Waals surface area contributed by atoms with Gasteiger partial charge in [0.05, 0.1) is 11.5 Å². The standard InChI is InChI=1S/C13H18FN3O3S/c14-10-4-3-9(12(6-10)13(15)17-18)7-16-11-2-1-5-21(19,20)8-11/h3-4,6,11,16,18H,1-2,5,7-8H2,(H2,15,17). The van der Waals surface area contributed by atoms with Crippen LogP contribution in [0.4, 0.5) is 4.39 Å². The zero-order valence-corrected chi connectivity index (χ0v) is 12.2. The molecule has 1 saturated heterocycles. The van der Waals surface area contributed by atoms with E-state index in [1.807, 2.05) is 0 Å². The minimum Gasteiger partial charge on any atom is -0.409 e. The van der Waals surface area contributed by atoms with Crippen LogP contribution in [0, 0.1) is 5.82 Å². The third-order valence-corrected chi connectivity index (χ3v) is 5.32. The molecule has 8 heteroatoms. The first-order valence-corrected chi connectivity index (χ1v) is 8.43. The molecule has 116 valence electrons. The van der Waals surface area contributed by atoms with Crippen LogP contribution >= 0.6 is 0 Å². The van der Waals surface area contributed by atoms with Crippen molar-refractivity contribution in [2.45, 2.75) is 25.4 Å². The fourth-order valence-corrected chi connectivity index (χ4v) is 4.10. The number of nitrogens with two attached hydrogens (primary N) is 1. The fraction of sp³-hybridized carbons (Fsp3) is 0.462. The normalized spacial score (nSPS) is 22.1. The van der Waals surface area contributed by atoms with Crippen molar-refractivity contribution in [1.29, 1.82) is 0 Å². The summed E-state index contributed by atoms with van der Waals surface area (Å²) in [4.78, 5) is 0. The molecule has 1 aromatic carbocycles. The number of halogens is 1. The Morgan fingerprint density at radius 3 is 2.95 bits per heavy atom. The lowest BCUT2D eigenvalue weighted by Crippen LogP contribution is -2.40. The van der Waals surface area contributed by atoms with E-state index in [2.05, 4.69) is 10.5 Å². The Morgan fingerprint density at radius 2 is 2.29 bits per heavy atom. The van der Waals surface area contributed by atoms with Crippen molar-refractivity contribution < 1.29 is 18.0 Å². The van der Waals surface area contributed by atoms with Crippen molar-refractivity contribution in [3.63, 3.8) is 0 Å². The molecule has 0 radical (unpaired) electrons. The lowest BCUT2D eigenvalue weighted by atomic mass is 10.1. The summed E-state index contributed by atoms with van der Waals surface area (Å²) < 4.78 is 36.4. The van der Waals surface area contributed by atoms with Gasteiger partial charge in [0.25, 0.3) is 0 Å². The Bertz CT molecular complexity index is 646. The third-order valence-electron chi connectivity index (χ3n) is 3.50. The van der Waals surface area contributed by atoms with E-state index < -0.39 is 15.7 Å². The van der Waals surface area contributed by atoms with Crippen LogP contribution in [-0.2, 0) is 16.4 Å². The van der Waals surface area contributed by atoms with E-state index in [9.17, 15) is 12.8 Å². The number of nitrogens with zero attached hydrogens (tertiary/aromatic N) is 1. The topological polar surface area (TPSA) is 105 Å². The molecule has 0 saturated carbocycles. The number of nitrogens with one attached hydrogen (secondary N) is 1. The summed E-state index contributed by atoms with van der Waals surface area (Å²) in [5.74, 6) is -0.326. The Morgan fingerprint density at radius 1 is 1.52 bits per heavy atom. The molecule has 0 bridgehead atoms. The van der Waals surface area contributed by atoms with Crippen molar-refractivity contribution in [2.75, 3.05) is 11.5 Å². The van der Waals surface area contributed by atoms with E-state index in [1.165, 1.54) is 18.2 Å². The summed E-state index contributed by atoms with van der Waals surface area (Å²) in [6.07, 6.45) is 1.41. The Hall–Kier alpha value is -1.67. The van der Waals surface area contributed by atoms with Crippen LogP contribution in [0.1, 0.15) is 24.0 Å². The number of oxime groups is 1. The average molecular weight is 315 g/mol. The van der Waals surface area contributed by atoms with Crippen molar-refractivity contribution in [3.8, 4) is 0 Å². The lowest BCUT2D eigenvalue weighted by molar-refractivity contribution is 0.318. The smallest absolute Gasteiger partial charge is 0.170 e. The number of rotatable bonds is 4. The summed E-state index contributed by atoms with van der Waals surface area (Å²) in [6.45, 7) is 0.325. The molecular formula is C13H18FN3O3S. The van der Waals surface area contributed by atoms with E-state index in [1.54, 1.807) is 0 Å². The largest absolute Gasteiger partial charge is 0.409 e. The molecule has 0 spiro atoms. The minimum atomic E-state index is -2.99. The van der Waals surface area contributed by atoms with Crippen molar-refractivity contribution >= 4 is 15.7 Å². The molecule has 4 N–H and O–H groups in total. The molecule has 0 aliphatic carbocycles. The van der Waals surface area contributed by atoms with E-state index in [0.29, 0.717) is 24.1 Å². The van der Waals surface area contributed by atoms with Gasteiger partial charge in [-0.2, -0.15) is 0 Å². The van der Waals surface area contributed by atoms with E-state index >= 15 is 0 Å². The van der Waals surface area contributed by atoms with Crippen molar-refractivity contribution in [2.24, 2.45) is 10.9 Å². The highest BCUT2D eigenvalue weighted by atomic mass is 32.2. The highest BCUT2D eigenvalue weighted by Crippen LogP contribution is 2.15. The zero-order chi connectivity index (χ0) is 15.5. The first kappa shape index (κ1) is 15.7. The molecule has 1 unspecified atom stereocenters. The second kappa shape index (κ2) is 6.40. The van der Waals surface area contributed by atoms with E-state index in [-0.39, 0.29) is 23.4 Å². The third kappa shape index (κ3) is 4.15. The van der Waals surface area contributed by atoms with Gasteiger partial charge in [0.2, 0.25) is 0 Å². The van der Waals surface area contributed by atoms with Crippen LogP contribution in [0.15, 0.2) is 23.4 Å². The predicted octanol–water partition coefficient (Wildman–Crippen LogP) is 0.587. The number of hydrogen-bond acceptors (Lipinski definition) is 5. The van der Waals surface area contributed by atoms with Crippen LogP contribution in [0.5, 0.6) is 0 Å². The van der Waals surface area contributed by atoms with E-state index in [0.717, 1.165) is 6.42 Å². The van der Waals surface area contributed by atoms with Crippen LogP contribution in [-0.4, -0.2) is 37.0 Å². The van der Waals surface area contributed by atoms with Gasteiger partial charge in [-0.1, -0.05) is 11.2 Å². The number of amidine groups is 1. The van der Waals surface area contributed by atoms with Crippen LogP contribution in [0.25, 0.3) is 0 Å². The first-order chi connectivity index (χ1) is 9.91. The molecule has 1 atom stereocenters.